The van der Waals surface area contributed by atoms with Gasteiger partial charge >= 0.3 is 0 Å². The molecule has 1 aromatic heterocycles. The Morgan fingerprint density at radius 2 is 1.72 bits per heavy atom. The highest BCUT2D eigenvalue weighted by Gasteiger charge is 2.63. The monoisotopic (exact) mass is 719 g/mol. The number of oxazole rings is 1. The van der Waals surface area contributed by atoms with Crippen molar-refractivity contribution in [2.75, 3.05) is 51.2 Å². The average Bonchev–Trinajstić information content (AvgIpc) is 3.88. The number of halogens is 1. The molecule has 1 unspecified atom stereocenters. The number of nitrogens with zero attached hydrogens (tertiary/aromatic N) is 5. The van der Waals surface area contributed by atoms with E-state index in [1.807, 2.05) is 23.1 Å². The molecule has 1 amide bonds. The van der Waals surface area contributed by atoms with Crippen LogP contribution >= 0.6 is 11.6 Å². The van der Waals surface area contributed by atoms with Crippen LogP contribution in [-0.2, 0) is 26.9 Å². The Hall–Kier alpha value is -3.94. The summed E-state index contributed by atoms with van der Waals surface area (Å²) in [5.41, 5.74) is 0.542. The van der Waals surface area contributed by atoms with Gasteiger partial charge < -0.3 is 13.9 Å². The first-order valence-corrected chi connectivity index (χ1v) is 18.7. The average molecular weight is 720 g/mol. The van der Waals surface area contributed by atoms with Gasteiger partial charge in [0.2, 0.25) is 5.89 Å². The van der Waals surface area contributed by atoms with Crippen molar-refractivity contribution < 1.29 is 27.1 Å². The zero-order valence-electron chi connectivity index (χ0n) is 28.7. The Labute approximate surface area is 298 Å². The van der Waals surface area contributed by atoms with Crippen molar-refractivity contribution in [1.29, 1.82) is 0 Å². The molecule has 3 aliphatic heterocycles. The van der Waals surface area contributed by atoms with E-state index in [1.54, 1.807) is 43.6 Å². The van der Waals surface area contributed by atoms with Gasteiger partial charge in [0.25, 0.3) is 15.9 Å². The van der Waals surface area contributed by atoms with E-state index in [9.17, 15) is 8.42 Å². The summed E-state index contributed by atoms with van der Waals surface area (Å²) in [6, 6.07) is 16.9. The minimum Gasteiger partial charge on any atom is -0.497 e. The van der Waals surface area contributed by atoms with Gasteiger partial charge in [0.1, 0.15) is 17.8 Å². The van der Waals surface area contributed by atoms with Crippen molar-refractivity contribution in [3.05, 3.63) is 101 Å². The summed E-state index contributed by atoms with van der Waals surface area (Å²) in [7, 11) is -1.34. The lowest BCUT2D eigenvalue weighted by atomic mass is 9.80. The summed E-state index contributed by atoms with van der Waals surface area (Å²) in [4.78, 5) is 27.0. The first kappa shape index (κ1) is 34.5. The number of likely N-dealkylation sites (tertiary alicyclic amines) is 1. The Kier molecular flexibility index (Phi) is 9.42. The van der Waals surface area contributed by atoms with Crippen molar-refractivity contribution in [3.63, 3.8) is 0 Å². The third kappa shape index (κ3) is 5.76. The summed E-state index contributed by atoms with van der Waals surface area (Å²) in [6.45, 7) is 9.32. The molecule has 2 saturated heterocycles. The van der Waals surface area contributed by atoms with Crippen LogP contribution in [0.15, 0.2) is 82.4 Å². The van der Waals surface area contributed by atoms with Gasteiger partial charge in [-0.15, -0.1) is 0 Å². The molecule has 3 aliphatic rings. The fourth-order valence-electron chi connectivity index (χ4n) is 7.79. The number of ether oxygens (including phenoxy) is 2. The van der Waals surface area contributed by atoms with Crippen LogP contribution in [0, 0.1) is 0 Å². The first-order chi connectivity index (χ1) is 24.1. The maximum Gasteiger partial charge on any atom is 0.271 e. The Morgan fingerprint density at radius 3 is 2.38 bits per heavy atom. The Morgan fingerprint density at radius 1 is 0.960 bits per heavy atom. The maximum absolute atomic E-state index is 15.6. The number of hydrogen-bond donors (Lipinski definition) is 0. The number of aromatic nitrogens is 1. The van der Waals surface area contributed by atoms with Crippen LogP contribution < -0.4 is 13.8 Å². The van der Waals surface area contributed by atoms with E-state index >= 15 is 4.79 Å². The van der Waals surface area contributed by atoms with Crippen molar-refractivity contribution in [3.8, 4) is 11.5 Å². The second-order valence-corrected chi connectivity index (χ2v) is 15.5. The Bertz CT molecular complexity index is 1960. The van der Waals surface area contributed by atoms with E-state index in [4.69, 9.17) is 25.5 Å². The van der Waals surface area contributed by atoms with E-state index in [1.165, 1.54) is 25.5 Å². The largest absolute Gasteiger partial charge is 0.497 e. The predicted molar refractivity (Wildman–Crippen MR) is 190 cm³/mol. The topological polar surface area (TPSA) is 109 Å². The van der Waals surface area contributed by atoms with E-state index < -0.39 is 27.5 Å². The Balaban J connectivity index is 1.43. The van der Waals surface area contributed by atoms with Crippen LogP contribution in [0.25, 0.3) is 0 Å². The second-order valence-electron chi connectivity index (χ2n) is 13.3. The molecule has 4 aromatic rings. The quantitative estimate of drug-likeness (QED) is 0.203. The molecule has 50 heavy (non-hydrogen) atoms. The van der Waals surface area contributed by atoms with Gasteiger partial charge in [0.15, 0.2) is 5.54 Å². The van der Waals surface area contributed by atoms with Crippen LogP contribution in [0.3, 0.4) is 0 Å². The van der Waals surface area contributed by atoms with Gasteiger partial charge in [-0.05, 0) is 86.8 Å². The maximum atomic E-state index is 15.6. The number of piperazine rings is 1. The predicted octanol–water partition coefficient (Wildman–Crippen LogP) is 5.69. The standard InChI is InChI=1S/C37H42ClN5O6S/c1-25(2)41-19-17-40(18-20-41)24-26-7-14-34(48-4)31(22-26)37(42-16-5-6-33(42)35-39-15-21-49-35)30-23-27(38)8-13-32(30)43(36(37)44)50(45,46)29-11-9-28(47-3)10-12-29/h7-15,21-23,25,33H,5-6,16-20,24H2,1-4H3/t33-,37?/m0/s1. The number of fused-ring (bicyclic) bond motifs is 1. The highest BCUT2D eigenvalue weighted by Crippen LogP contribution is 2.57. The van der Waals surface area contributed by atoms with Crippen molar-refractivity contribution in [1.82, 2.24) is 19.7 Å². The van der Waals surface area contributed by atoms with Gasteiger partial charge in [-0.25, -0.2) is 17.7 Å². The minimum absolute atomic E-state index is 0.0460. The first-order valence-electron chi connectivity index (χ1n) is 16.9. The third-order valence-corrected chi connectivity index (χ3v) is 12.2. The van der Waals surface area contributed by atoms with Crippen LogP contribution in [-0.4, -0.2) is 87.0 Å². The molecule has 11 nitrogen and oxygen atoms in total. The molecule has 7 rings (SSSR count). The summed E-state index contributed by atoms with van der Waals surface area (Å²) in [6.07, 6.45) is 4.48. The van der Waals surface area contributed by atoms with Gasteiger partial charge in [-0.1, -0.05) is 17.7 Å². The molecule has 0 radical (unpaired) electrons. The summed E-state index contributed by atoms with van der Waals surface area (Å²) in [5, 5.41) is 0.370. The molecule has 2 atom stereocenters. The normalized spacial score (nSPS) is 22.0. The minimum atomic E-state index is -4.42. The van der Waals surface area contributed by atoms with Crippen molar-refractivity contribution in [2.45, 2.75) is 55.8 Å². The number of rotatable bonds is 10. The summed E-state index contributed by atoms with van der Waals surface area (Å²) in [5.74, 6) is 0.758. The van der Waals surface area contributed by atoms with Crippen LogP contribution in [0.5, 0.6) is 11.5 Å². The lowest BCUT2D eigenvalue weighted by Gasteiger charge is -2.41. The number of methoxy groups -OCH3 is 2. The molecular weight excluding hydrogens is 678 g/mol. The van der Waals surface area contributed by atoms with Crippen LogP contribution in [0.4, 0.5) is 5.69 Å². The number of amides is 1. The smallest absolute Gasteiger partial charge is 0.271 e. The number of benzene rings is 3. The third-order valence-electron chi connectivity index (χ3n) is 10.3. The number of hydrogen-bond acceptors (Lipinski definition) is 10. The number of anilines is 1. The number of sulfonamides is 1. The zero-order valence-corrected chi connectivity index (χ0v) is 30.3. The van der Waals surface area contributed by atoms with Gasteiger partial charge in [0.05, 0.1) is 37.0 Å². The summed E-state index contributed by atoms with van der Waals surface area (Å²) < 4.78 is 47.4. The SMILES string of the molecule is COc1ccc(S(=O)(=O)N2C(=O)C(c3cc(CN4CCN(C(C)C)CC4)ccc3OC)(N3CCC[C@H]3c3ncco3)c3cc(Cl)ccc32)cc1. The number of carbonyl (C=O) groups excluding carboxylic acids is 1. The van der Waals surface area contributed by atoms with Crippen molar-refractivity contribution in [2.24, 2.45) is 0 Å². The fraction of sp³-hybridized carbons (Fsp3) is 0.405. The lowest BCUT2D eigenvalue weighted by Crippen LogP contribution is -2.54. The van der Waals surface area contributed by atoms with Crippen molar-refractivity contribution >= 4 is 33.2 Å². The molecule has 2 fully saturated rings. The molecule has 13 heteroatoms. The van der Waals surface area contributed by atoms with Gasteiger partial charge in [-0.3, -0.25) is 19.5 Å². The molecule has 3 aromatic carbocycles. The lowest BCUT2D eigenvalue weighted by molar-refractivity contribution is -0.127. The molecule has 4 heterocycles. The molecular formula is C37H42ClN5O6S. The van der Waals surface area contributed by atoms with Crippen LogP contribution in [0.1, 0.15) is 55.3 Å². The van der Waals surface area contributed by atoms with E-state index in [2.05, 4.69) is 28.6 Å². The van der Waals surface area contributed by atoms with Crippen LogP contribution in [0.2, 0.25) is 5.02 Å². The number of carbonyl (C=O) groups is 1. The van der Waals surface area contributed by atoms with E-state index in [-0.39, 0.29) is 10.6 Å². The molecule has 0 N–H and O–H groups in total. The highest BCUT2D eigenvalue weighted by molar-refractivity contribution is 7.93. The zero-order chi connectivity index (χ0) is 35.2. The molecule has 0 aliphatic carbocycles. The summed E-state index contributed by atoms with van der Waals surface area (Å²) >= 11 is 6.72. The molecule has 0 spiro atoms. The molecule has 264 valence electrons. The van der Waals surface area contributed by atoms with Gasteiger partial charge in [-0.2, -0.15) is 0 Å². The van der Waals surface area contributed by atoms with E-state index in [0.717, 1.165) is 42.5 Å². The highest BCUT2D eigenvalue weighted by atomic mass is 35.5. The van der Waals surface area contributed by atoms with Gasteiger partial charge in [0, 0.05) is 61.5 Å². The fourth-order valence-corrected chi connectivity index (χ4v) is 9.42. The van der Waals surface area contributed by atoms with E-state index in [0.29, 0.717) is 59.1 Å². The molecule has 0 bridgehead atoms. The molecule has 0 saturated carbocycles. The second kappa shape index (κ2) is 13.6.